The molecule has 0 radical (unpaired) electrons. The van der Waals surface area contributed by atoms with E-state index in [1.165, 1.54) is 4.90 Å². The molecule has 0 bridgehead atoms. The van der Waals surface area contributed by atoms with Gasteiger partial charge in [0.25, 0.3) is 9.51 Å². The van der Waals surface area contributed by atoms with Crippen LogP contribution in [0.5, 0.6) is 0 Å². The molecule has 168 valence electrons. The highest BCUT2D eigenvalue weighted by Gasteiger charge is 2.71. The number of aliphatic hydroxyl groups is 1. The Morgan fingerprint density at radius 3 is 2.16 bits per heavy atom. The number of hydrogen-bond donors (Lipinski definition) is 1. The number of amides is 1. The van der Waals surface area contributed by atoms with E-state index in [1.807, 2.05) is 0 Å². The molecule has 1 amide bonds. The summed E-state index contributed by atoms with van der Waals surface area (Å²) < 4.78 is 86.0. The third-order valence-electron chi connectivity index (χ3n) is 5.04. The van der Waals surface area contributed by atoms with Crippen molar-refractivity contribution in [2.45, 2.75) is 37.2 Å². The highest BCUT2D eigenvalue weighted by Crippen LogP contribution is 2.51. The fourth-order valence-corrected chi connectivity index (χ4v) is 6.26. The van der Waals surface area contributed by atoms with Crippen LogP contribution in [0.25, 0.3) is 0 Å². The Labute approximate surface area is 181 Å². The molecule has 3 rings (SSSR count). The largest absolute Gasteiger partial charge is 0.430 e. The fourth-order valence-electron chi connectivity index (χ4n) is 3.40. The summed E-state index contributed by atoms with van der Waals surface area (Å²) in [4.78, 5) is 14.4. The van der Waals surface area contributed by atoms with Gasteiger partial charge in [-0.3, -0.25) is 4.79 Å². The second-order valence-corrected chi connectivity index (χ2v) is 11.0. The van der Waals surface area contributed by atoms with Gasteiger partial charge in [-0.15, -0.1) is 4.31 Å². The van der Waals surface area contributed by atoms with Crippen molar-refractivity contribution in [2.24, 2.45) is 0 Å². The van der Waals surface area contributed by atoms with Crippen molar-refractivity contribution in [3.8, 4) is 4.31 Å². The van der Waals surface area contributed by atoms with E-state index in [2.05, 4.69) is 0 Å². The molecule has 0 unspecified atom stereocenters. The molecule has 2 aromatic carbocycles. The maximum atomic E-state index is 13.3. The number of anilines is 1. The first-order chi connectivity index (χ1) is 14.4. The average Bonchev–Trinajstić information content (AvgIpc) is 2.93. The zero-order valence-electron chi connectivity index (χ0n) is 16.0. The number of fused-ring (bicyclic) bond motifs is 1. The first-order valence-electron chi connectivity index (χ1n) is 9.17. The number of alkyl halides is 6. The van der Waals surface area contributed by atoms with Gasteiger partial charge in [-0.25, -0.2) is 0 Å². The minimum Gasteiger partial charge on any atom is -0.369 e. The summed E-state index contributed by atoms with van der Waals surface area (Å²) in [5.41, 5.74) is -5.98. The molecule has 0 spiro atoms. The Kier molecular flexibility index (Phi) is 6.46. The average molecular weight is 557 g/mol. The van der Waals surface area contributed by atoms with Gasteiger partial charge in [-0.1, -0.05) is 30.3 Å². The van der Waals surface area contributed by atoms with Crippen LogP contribution in [-0.2, 0) is 12.0 Å². The van der Waals surface area contributed by atoms with Crippen LogP contribution in [0.3, 0.4) is 0 Å². The van der Waals surface area contributed by atoms with E-state index >= 15 is 0 Å². The van der Waals surface area contributed by atoms with Crippen molar-refractivity contribution in [1.29, 1.82) is 0 Å². The summed E-state index contributed by atoms with van der Waals surface area (Å²) in [6.45, 7) is 0.256. The Balaban J connectivity index is 2.05. The molecular weight excluding hydrogens is 539 g/mol. The van der Waals surface area contributed by atoms with E-state index in [0.717, 1.165) is 6.07 Å². The standard InChI is InChI=1S/C21H18F6INO2/c1-28(16-8-3-2-4-9-16)18(30)29-12-6-5-7-14-13-15(10-11-17(14)29)19(31,20(22,23)24)21(25,26)27/h1-4,8-11,13,31H,5-7,12H2. The van der Waals surface area contributed by atoms with Gasteiger partial charge in [-0.05, 0) is 62.2 Å². The van der Waals surface area contributed by atoms with Crippen molar-refractivity contribution in [1.82, 2.24) is 0 Å². The lowest BCUT2D eigenvalue weighted by molar-refractivity contribution is -0.376. The van der Waals surface area contributed by atoms with E-state index in [9.17, 15) is 36.2 Å². The van der Waals surface area contributed by atoms with Gasteiger partial charge in [0.2, 0.25) is 0 Å². The van der Waals surface area contributed by atoms with Crippen LogP contribution < -0.4 is 4.90 Å². The van der Waals surface area contributed by atoms with Crippen LogP contribution in [0.15, 0.2) is 48.5 Å². The maximum Gasteiger partial charge on any atom is 0.430 e. The Morgan fingerprint density at radius 2 is 1.58 bits per heavy atom. The number of aryl methyl sites for hydroxylation is 1. The predicted molar refractivity (Wildman–Crippen MR) is 112 cm³/mol. The first kappa shape index (κ1) is 23.6. The number of halogens is 7. The zero-order chi connectivity index (χ0) is 23.0. The molecule has 2 aromatic rings. The monoisotopic (exact) mass is 557 g/mol. The molecule has 10 heteroatoms. The summed E-state index contributed by atoms with van der Waals surface area (Å²) in [6.07, 6.45) is -10.8. The van der Waals surface area contributed by atoms with E-state index in [1.54, 1.807) is 30.3 Å². The van der Waals surface area contributed by atoms with Crippen LogP contribution in [0.2, 0.25) is 0 Å². The van der Waals surface area contributed by atoms with Gasteiger partial charge in [0.05, 0.1) is 0 Å². The number of carbonyl (C=O) groups is 1. The molecule has 0 saturated carbocycles. The maximum absolute atomic E-state index is 13.3. The third kappa shape index (κ3) is 4.33. The smallest absolute Gasteiger partial charge is 0.369 e. The van der Waals surface area contributed by atoms with Gasteiger partial charge in [-0.2, -0.15) is 26.3 Å². The minimum atomic E-state index is -5.97. The molecule has 1 aliphatic heterocycles. The Hall–Kier alpha value is -2.04. The van der Waals surface area contributed by atoms with Crippen molar-refractivity contribution < 1.29 is 36.2 Å². The molecule has 3 nitrogen and oxygen atoms in total. The minimum absolute atomic E-state index is 0.132. The number of hydrogen-bond acceptors (Lipinski definition) is 2. The molecule has 31 heavy (non-hydrogen) atoms. The summed E-state index contributed by atoms with van der Waals surface area (Å²) >= 11 is -2.83. The van der Waals surface area contributed by atoms with Crippen molar-refractivity contribution in [3.05, 3.63) is 63.2 Å². The Bertz CT molecular complexity index is 1030. The van der Waals surface area contributed by atoms with Crippen LogP contribution >= 0.6 is 19.1 Å². The quantitative estimate of drug-likeness (QED) is 0.196. The number of nitrogens with zero attached hydrogens (tertiary/aromatic N) is 1. The van der Waals surface area contributed by atoms with Crippen molar-refractivity contribution >= 4 is 28.7 Å². The topological polar surface area (TPSA) is 40.5 Å². The summed E-state index contributed by atoms with van der Waals surface area (Å²) in [7, 11) is 0. The number of carbonyl (C=O) groups excluding carboxylic acids is 1. The summed E-state index contributed by atoms with van der Waals surface area (Å²) in [5, 5.41) is 9.70. The molecular formula is C21H18F6INO2. The lowest BCUT2D eigenvalue weighted by atomic mass is 9.89. The van der Waals surface area contributed by atoms with Gasteiger partial charge < -0.3 is 10.0 Å². The number of rotatable bonds is 1. The first-order valence-corrected chi connectivity index (χ1v) is 12.6. The second-order valence-electron chi connectivity index (χ2n) is 7.02. The van der Waals surface area contributed by atoms with Crippen molar-refractivity contribution in [2.75, 3.05) is 11.4 Å². The molecule has 0 aliphatic carbocycles. The molecule has 0 fully saturated rings. The van der Waals surface area contributed by atoms with E-state index in [-0.39, 0.29) is 28.1 Å². The second kappa shape index (κ2) is 8.48. The summed E-state index contributed by atoms with van der Waals surface area (Å²) in [6, 6.07) is 11.0. The predicted octanol–water partition coefficient (Wildman–Crippen LogP) is 6.23. The lowest BCUT2D eigenvalue weighted by Crippen LogP contribution is -2.54. The Morgan fingerprint density at radius 1 is 0.968 bits per heavy atom. The van der Waals surface area contributed by atoms with Gasteiger partial charge in [0, 0.05) is 21.4 Å². The van der Waals surface area contributed by atoms with Gasteiger partial charge in [0.1, 0.15) is 0 Å². The third-order valence-corrected chi connectivity index (χ3v) is 8.68. The highest BCUT2D eigenvalue weighted by atomic mass is 127. The van der Waals surface area contributed by atoms with Crippen LogP contribution in [0, 0.1) is 7.88 Å². The zero-order valence-corrected chi connectivity index (χ0v) is 18.1. The van der Waals surface area contributed by atoms with Gasteiger partial charge >= 0.3 is 12.4 Å². The van der Waals surface area contributed by atoms with E-state index < -0.39 is 42.7 Å². The van der Waals surface area contributed by atoms with Crippen molar-refractivity contribution in [3.63, 3.8) is 0 Å². The van der Waals surface area contributed by atoms with Crippen LogP contribution in [-0.4, -0.2) is 27.9 Å². The van der Waals surface area contributed by atoms with Crippen LogP contribution in [0.1, 0.15) is 24.0 Å². The molecule has 1 aliphatic rings. The van der Waals surface area contributed by atoms with E-state index in [4.69, 9.17) is 4.31 Å². The molecule has 0 aromatic heterocycles. The SMILES string of the molecule is C#I(C(=O)N1CCCCc2cc(C(O)(C(F)(F)F)C(F)(F)F)ccc21)c1ccccc1. The molecule has 0 saturated heterocycles. The fraction of sp³-hybridized carbons (Fsp3) is 0.333. The molecule has 0 atom stereocenters. The lowest BCUT2D eigenvalue weighted by Gasteiger charge is -2.33. The normalized spacial score (nSPS) is 15.5. The number of benzene rings is 2. The van der Waals surface area contributed by atoms with Gasteiger partial charge in [0.15, 0.2) is 0 Å². The van der Waals surface area contributed by atoms with E-state index in [0.29, 0.717) is 28.5 Å². The molecule has 1 N–H and O–H groups in total. The van der Waals surface area contributed by atoms with Crippen LogP contribution in [0.4, 0.5) is 36.8 Å². The summed E-state index contributed by atoms with van der Waals surface area (Å²) in [5.74, 6) is 0. The molecule has 1 heterocycles. The highest BCUT2D eigenvalue weighted by molar-refractivity contribution is 14.3.